The van der Waals surface area contributed by atoms with Crippen LogP contribution in [0.15, 0.2) is 132 Å². The Kier molecular flexibility index (Phi) is 9.64. The van der Waals surface area contributed by atoms with Crippen molar-refractivity contribution in [1.29, 1.82) is 0 Å². The summed E-state index contributed by atoms with van der Waals surface area (Å²) in [5.74, 6) is -1.71. The Morgan fingerprint density at radius 2 is 1.38 bits per heavy atom. The summed E-state index contributed by atoms with van der Waals surface area (Å²) in [6.45, 7) is 0. The van der Waals surface area contributed by atoms with Crippen LogP contribution in [0.3, 0.4) is 0 Å². The zero-order valence-corrected chi connectivity index (χ0v) is 24.4. The number of hydrogen-bond donors (Lipinski definition) is 3. The van der Waals surface area contributed by atoms with Crippen molar-refractivity contribution in [2.75, 3.05) is 16.4 Å². The summed E-state index contributed by atoms with van der Waals surface area (Å²) in [6.07, 6.45) is -2.97. The van der Waals surface area contributed by atoms with E-state index < -0.39 is 29.5 Å². The first-order chi connectivity index (χ1) is 21.7. The minimum Gasteiger partial charge on any atom is -0.325 e. The van der Waals surface area contributed by atoms with E-state index in [1.54, 1.807) is 60.7 Å². The molecule has 10 heteroatoms. The van der Waals surface area contributed by atoms with Crippen molar-refractivity contribution in [3.63, 3.8) is 0 Å². The number of para-hydroxylation sites is 1. The molecule has 0 fully saturated rings. The normalized spacial score (nSPS) is 11.6. The fourth-order valence-electron chi connectivity index (χ4n) is 4.48. The molecule has 5 rings (SSSR count). The summed E-state index contributed by atoms with van der Waals surface area (Å²) in [7, 11) is 0. The third-order valence-corrected chi connectivity index (χ3v) is 7.65. The zero-order valence-electron chi connectivity index (χ0n) is 23.6. The molecular weight excluding hydrogens is 599 g/mol. The van der Waals surface area contributed by atoms with E-state index in [9.17, 15) is 27.6 Å². The molecule has 5 aromatic carbocycles. The number of anilines is 2. The van der Waals surface area contributed by atoms with Gasteiger partial charge in [0.2, 0.25) is 5.91 Å². The molecule has 0 aliphatic rings. The molecule has 0 spiro atoms. The van der Waals surface area contributed by atoms with Crippen molar-refractivity contribution in [2.45, 2.75) is 11.1 Å². The molecule has 226 valence electrons. The van der Waals surface area contributed by atoms with Gasteiger partial charge >= 0.3 is 6.18 Å². The van der Waals surface area contributed by atoms with Gasteiger partial charge in [-0.25, -0.2) is 0 Å². The van der Waals surface area contributed by atoms with Crippen LogP contribution in [0.2, 0.25) is 0 Å². The van der Waals surface area contributed by atoms with Crippen LogP contribution in [-0.2, 0) is 15.8 Å². The molecule has 0 bridgehead atoms. The smallest absolute Gasteiger partial charge is 0.325 e. The standard InChI is InChI=1S/C35H26F3N3O3S/c36-35(37,38)29-15-6-7-16-30(29)40-32(42)22-45-27-19-17-26(18-20-27)39-34(44)31(41-33(43)24-10-2-1-3-11-24)21-25-13-8-12-23-9-4-5-14-28(23)25/h1-21H,22H2,(H,39,44)(H,40,42)(H,41,43)/b31-21-. The van der Waals surface area contributed by atoms with Crippen molar-refractivity contribution >= 4 is 57.7 Å². The lowest BCUT2D eigenvalue weighted by Crippen LogP contribution is -2.30. The van der Waals surface area contributed by atoms with Gasteiger partial charge in [0.25, 0.3) is 11.8 Å². The van der Waals surface area contributed by atoms with Crippen LogP contribution in [0.5, 0.6) is 0 Å². The van der Waals surface area contributed by atoms with E-state index in [1.807, 2.05) is 42.5 Å². The lowest BCUT2D eigenvalue weighted by molar-refractivity contribution is -0.137. The molecule has 6 nitrogen and oxygen atoms in total. The van der Waals surface area contributed by atoms with E-state index in [1.165, 1.54) is 18.2 Å². The van der Waals surface area contributed by atoms with E-state index in [4.69, 9.17) is 0 Å². The van der Waals surface area contributed by atoms with Crippen LogP contribution < -0.4 is 16.0 Å². The third-order valence-electron chi connectivity index (χ3n) is 6.64. The molecular formula is C35H26F3N3O3S. The van der Waals surface area contributed by atoms with Gasteiger partial charge in [0.05, 0.1) is 17.0 Å². The number of nitrogens with one attached hydrogen (secondary N) is 3. The first-order valence-corrected chi connectivity index (χ1v) is 14.7. The van der Waals surface area contributed by atoms with Gasteiger partial charge in [0, 0.05) is 16.1 Å². The van der Waals surface area contributed by atoms with Crippen molar-refractivity contribution < 1.29 is 27.6 Å². The van der Waals surface area contributed by atoms with Crippen LogP contribution in [0, 0.1) is 0 Å². The molecule has 0 radical (unpaired) electrons. The first-order valence-electron chi connectivity index (χ1n) is 13.7. The van der Waals surface area contributed by atoms with E-state index in [-0.39, 0.29) is 17.1 Å². The largest absolute Gasteiger partial charge is 0.418 e. The Hall–Kier alpha value is -5.35. The third kappa shape index (κ3) is 8.18. The Labute approximate surface area is 261 Å². The van der Waals surface area contributed by atoms with Gasteiger partial charge in [-0.3, -0.25) is 14.4 Å². The van der Waals surface area contributed by atoms with Gasteiger partial charge < -0.3 is 16.0 Å². The molecule has 5 aromatic rings. The summed E-state index contributed by atoms with van der Waals surface area (Å²) in [5, 5.41) is 9.74. The number of rotatable bonds is 9. The molecule has 3 amide bonds. The predicted octanol–water partition coefficient (Wildman–Crippen LogP) is 8.00. The van der Waals surface area contributed by atoms with E-state index >= 15 is 0 Å². The second-order valence-corrected chi connectivity index (χ2v) is 10.9. The van der Waals surface area contributed by atoms with Gasteiger partial charge in [-0.2, -0.15) is 13.2 Å². The van der Waals surface area contributed by atoms with Crippen LogP contribution in [-0.4, -0.2) is 23.5 Å². The topological polar surface area (TPSA) is 87.3 Å². The molecule has 0 unspecified atom stereocenters. The summed E-state index contributed by atoms with van der Waals surface area (Å²) < 4.78 is 39.7. The van der Waals surface area contributed by atoms with Gasteiger partial charge in [-0.05, 0) is 70.9 Å². The predicted molar refractivity (Wildman–Crippen MR) is 172 cm³/mol. The SMILES string of the molecule is O=C(CSc1ccc(NC(=O)/C(=C/c2cccc3ccccc23)NC(=O)c2ccccc2)cc1)Nc1ccccc1C(F)(F)F. The van der Waals surface area contributed by atoms with Crippen LogP contribution in [0.25, 0.3) is 16.8 Å². The Balaban J connectivity index is 1.28. The molecule has 0 atom stereocenters. The summed E-state index contributed by atoms with van der Waals surface area (Å²) >= 11 is 1.13. The zero-order chi connectivity index (χ0) is 31.8. The van der Waals surface area contributed by atoms with E-state index in [0.717, 1.165) is 34.2 Å². The fourth-order valence-corrected chi connectivity index (χ4v) is 5.18. The number of thioether (sulfide) groups is 1. The molecule has 0 aliphatic heterocycles. The average molecular weight is 626 g/mol. The van der Waals surface area contributed by atoms with Gasteiger partial charge in [0.1, 0.15) is 5.70 Å². The maximum atomic E-state index is 13.5. The Morgan fingerprint density at radius 3 is 2.13 bits per heavy atom. The lowest BCUT2D eigenvalue weighted by atomic mass is 10.0. The highest BCUT2D eigenvalue weighted by atomic mass is 32.2. The summed E-state index contributed by atoms with van der Waals surface area (Å²) in [4.78, 5) is 39.5. The van der Waals surface area contributed by atoms with Crippen molar-refractivity contribution in [2.24, 2.45) is 0 Å². The molecule has 0 heterocycles. The molecule has 0 aliphatic carbocycles. The maximum Gasteiger partial charge on any atom is 0.418 e. The maximum absolute atomic E-state index is 13.5. The molecule has 0 saturated carbocycles. The van der Waals surface area contributed by atoms with Gasteiger partial charge in [0.15, 0.2) is 0 Å². The quantitative estimate of drug-likeness (QED) is 0.114. The first kappa shape index (κ1) is 31.1. The summed E-state index contributed by atoms with van der Waals surface area (Å²) in [6, 6.07) is 33.3. The van der Waals surface area contributed by atoms with Crippen LogP contribution in [0.1, 0.15) is 21.5 Å². The second kappa shape index (κ2) is 14.0. The monoisotopic (exact) mass is 625 g/mol. The molecule has 0 saturated heterocycles. The number of carbonyl (C=O) groups excluding carboxylic acids is 3. The van der Waals surface area contributed by atoms with Crippen molar-refractivity contribution in [1.82, 2.24) is 5.32 Å². The van der Waals surface area contributed by atoms with Gasteiger partial charge in [-0.15, -0.1) is 11.8 Å². The Morgan fingerprint density at radius 1 is 0.711 bits per heavy atom. The number of carbonyl (C=O) groups is 3. The van der Waals surface area contributed by atoms with Crippen molar-refractivity contribution in [3.05, 3.63) is 144 Å². The van der Waals surface area contributed by atoms with E-state index in [0.29, 0.717) is 16.1 Å². The number of amides is 3. The van der Waals surface area contributed by atoms with Crippen molar-refractivity contribution in [3.8, 4) is 0 Å². The lowest BCUT2D eigenvalue weighted by Gasteiger charge is -2.13. The fraction of sp³-hybridized carbons (Fsp3) is 0.0571. The molecule has 45 heavy (non-hydrogen) atoms. The average Bonchev–Trinajstić information content (AvgIpc) is 3.04. The summed E-state index contributed by atoms with van der Waals surface area (Å²) in [5.41, 5.74) is 0.383. The highest BCUT2D eigenvalue weighted by Crippen LogP contribution is 2.34. The second-order valence-electron chi connectivity index (χ2n) is 9.81. The van der Waals surface area contributed by atoms with E-state index in [2.05, 4.69) is 16.0 Å². The molecule has 3 N–H and O–H groups in total. The van der Waals surface area contributed by atoms with Gasteiger partial charge in [-0.1, -0.05) is 72.8 Å². The minimum absolute atomic E-state index is 0.0365. The number of fused-ring (bicyclic) bond motifs is 1. The minimum atomic E-state index is -4.59. The molecule has 0 aromatic heterocycles. The number of alkyl halides is 3. The highest BCUT2D eigenvalue weighted by molar-refractivity contribution is 8.00. The Bertz CT molecular complexity index is 1870. The number of halogens is 3. The van der Waals surface area contributed by atoms with Crippen LogP contribution >= 0.6 is 11.8 Å². The van der Waals surface area contributed by atoms with Crippen LogP contribution in [0.4, 0.5) is 24.5 Å². The number of benzene rings is 5. The number of hydrogen-bond acceptors (Lipinski definition) is 4. The highest BCUT2D eigenvalue weighted by Gasteiger charge is 2.33.